The van der Waals surface area contributed by atoms with Gasteiger partial charge in [-0.25, -0.2) is 0 Å². The maximum Gasteiger partial charge on any atom is 0.251 e. The summed E-state index contributed by atoms with van der Waals surface area (Å²) in [5, 5.41) is 17.6. The van der Waals surface area contributed by atoms with Crippen molar-refractivity contribution in [3.8, 4) is 22.9 Å². The van der Waals surface area contributed by atoms with Gasteiger partial charge in [0.15, 0.2) is 11.5 Å². The van der Waals surface area contributed by atoms with E-state index in [2.05, 4.69) is 20.7 Å². The fraction of sp³-hybridized carbons (Fsp3) is 0.321. The van der Waals surface area contributed by atoms with Gasteiger partial charge in [-0.2, -0.15) is 4.80 Å². The lowest BCUT2D eigenvalue weighted by Gasteiger charge is -2.24. The van der Waals surface area contributed by atoms with Crippen molar-refractivity contribution in [3.05, 3.63) is 60.7 Å². The maximum absolute atomic E-state index is 13.6. The molecule has 5 rings (SSSR count). The van der Waals surface area contributed by atoms with E-state index in [1.807, 2.05) is 42.5 Å². The highest BCUT2D eigenvalue weighted by molar-refractivity contribution is 6.06. The van der Waals surface area contributed by atoms with Gasteiger partial charge in [0.1, 0.15) is 13.1 Å². The van der Waals surface area contributed by atoms with E-state index in [9.17, 15) is 9.59 Å². The second-order valence-corrected chi connectivity index (χ2v) is 9.24. The van der Waals surface area contributed by atoms with Gasteiger partial charge in [-0.05, 0) is 47.7 Å². The van der Waals surface area contributed by atoms with Crippen molar-refractivity contribution in [2.45, 2.75) is 38.3 Å². The zero-order valence-corrected chi connectivity index (χ0v) is 21.5. The number of ether oxygens (including phenoxy) is 2. The molecule has 38 heavy (non-hydrogen) atoms. The Morgan fingerprint density at radius 1 is 1.00 bits per heavy atom. The van der Waals surface area contributed by atoms with Crippen LogP contribution in [0.5, 0.6) is 11.5 Å². The Bertz CT molecular complexity index is 1440. The average molecular weight is 515 g/mol. The number of hydrogen-bond acceptors (Lipinski definition) is 7. The van der Waals surface area contributed by atoms with Gasteiger partial charge < -0.3 is 19.7 Å². The van der Waals surface area contributed by atoms with E-state index in [1.54, 1.807) is 32.4 Å². The van der Waals surface area contributed by atoms with Crippen LogP contribution in [0.25, 0.3) is 22.2 Å². The number of amides is 2. The van der Waals surface area contributed by atoms with E-state index < -0.39 is 0 Å². The summed E-state index contributed by atoms with van der Waals surface area (Å²) in [6, 6.07) is 19.0. The van der Waals surface area contributed by atoms with E-state index in [-0.39, 0.29) is 30.9 Å². The van der Waals surface area contributed by atoms with Crippen LogP contribution in [-0.2, 0) is 16.1 Å². The third kappa shape index (κ3) is 5.44. The predicted molar refractivity (Wildman–Crippen MR) is 143 cm³/mol. The number of fused-ring (bicyclic) bond motifs is 1. The number of carbonyl (C=O) groups excluding carboxylic acids is 2. The zero-order chi connectivity index (χ0) is 26.5. The van der Waals surface area contributed by atoms with Crippen LogP contribution >= 0.6 is 0 Å². The van der Waals surface area contributed by atoms with E-state index >= 15 is 0 Å². The Hall–Kier alpha value is -4.47. The molecule has 1 aromatic heterocycles. The molecule has 10 nitrogen and oxygen atoms in total. The number of nitrogens with zero attached hydrogens (tertiary/aromatic N) is 5. The molecule has 196 valence electrons. The van der Waals surface area contributed by atoms with Crippen LogP contribution in [0.3, 0.4) is 0 Å². The number of benzene rings is 3. The first-order chi connectivity index (χ1) is 18.6. The molecule has 1 aliphatic rings. The van der Waals surface area contributed by atoms with E-state index in [0.717, 1.165) is 36.5 Å². The molecule has 1 saturated carbocycles. The Labute approximate surface area is 220 Å². The first kappa shape index (κ1) is 25.2. The fourth-order valence-electron chi connectivity index (χ4n) is 4.85. The Morgan fingerprint density at radius 2 is 1.76 bits per heavy atom. The monoisotopic (exact) mass is 514 g/mol. The van der Waals surface area contributed by atoms with Crippen molar-refractivity contribution in [2.24, 2.45) is 0 Å². The zero-order valence-electron chi connectivity index (χ0n) is 21.5. The molecule has 0 bridgehead atoms. The van der Waals surface area contributed by atoms with Crippen molar-refractivity contribution in [3.63, 3.8) is 0 Å². The molecule has 0 saturated heterocycles. The minimum atomic E-state index is -0.320. The minimum Gasteiger partial charge on any atom is -0.493 e. The maximum atomic E-state index is 13.6. The molecule has 10 heteroatoms. The number of methoxy groups -OCH3 is 2. The second-order valence-electron chi connectivity index (χ2n) is 9.24. The number of anilines is 1. The smallest absolute Gasteiger partial charge is 0.251 e. The van der Waals surface area contributed by atoms with Crippen LogP contribution in [0.15, 0.2) is 60.7 Å². The number of hydrogen-bond donors (Lipinski definition) is 1. The molecule has 1 aliphatic carbocycles. The molecular formula is C28H30N6O4. The SMILES string of the molecule is COc1ccc(-c2nnn(CC(=O)N(CC(=O)NC3CCCC3)c3cccc4ccccc34)n2)cc1OC. The molecule has 0 atom stereocenters. The molecule has 1 N–H and O–H groups in total. The fourth-order valence-corrected chi connectivity index (χ4v) is 4.85. The predicted octanol–water partition coefficient (Wildman–Crippen LogP) is 3.60. The van der Waals surface area contributed by atoms with Gasteiger partial charge in [0.25, 0.3) is 5.91 Å². The normalized spacial score (nSPS) is 13.4. The second kappa shape index (κ2) is 11.3. The summed E-state index contributed by atoms with van der Waals surface area (Å²) in [7, 11) is 3.11. The Kier molecular flexibility index (Phi) is 7.48. The molecule has 0 radical (unpaired) electrons. The highest BCUT2D eigenvalue weighted by Crippen LogP contribution is 2.31. The number of nitrogens with one attached hydrogen (secondary N) is 1. The molecule has 0 aliphatic heterocycles. The van der Waals surface area contributed by atoms with Gasteiger partial charge in [-0.3, -0.25) is 9.59 Å². The van der Waals surface area contributed by atoms with Crippen molar-refractivity contribution in [1.29, 1.82) is 0 Å². The van der Waals surface area contributed by atoms with Crippen LogP contribution in [0.1, 0.15) is 25.7 Å². The van der Waals surface area contributed by atoms with Gasteiger partial charge in [0, 0.05) is 17.0 Å². The van der Waals surface area contributed by atoms with E-state index in [1.165, 1.54) is 9.70 Å². The summed E-state index contributed by atoms with van der Waals surface area (Å²) >= 11 is 0. The van der Waals surface area contributed by atoms with Gasteiger partial charge in [0.05, 0.1) is 19.9 Å². The number of carbonyl (C=O) groups is 2. The summed E-state index contributed by atoms with van der Waals surface area (Å²) in [5.74, 6) is 0.956. The summed E-state index contributed by atoms with van der Waals surface area (Å²) in [6.07, 6.45) is 4.15. The third-order valence-electron chi connectivity index (χ3n) is 6.75. The lowest BCUT2D eigenvalue weighted by atomic mass is 10.1. The van der Waals surface area contributed by atoms with Crippen LogP contribution in [-0.4, -0.2) is 58.8 Å². The van der Waals surface area contributed by atoms with Crippen molar-refractivity contribution < 1.29 is 19.1 Å². The highest BCUT2D eigenvalue weighted by Gasteiger charge is 2.25. The Balaban J connectivity index is 1.40. The first-order valence-corrected chi connectivity index (χ1v) is 12.6. The van der Waals surface area contributed by atoms with Gasteiger partial charge in [-0.1, -0.05) is 49.2 Å². The summed E-state index contributed by atoms with van der Waals surface area (Å²) in [5.41, 5.74) is 1.33. The number of rotatable bonds is 9. The minimum absolute atomic E-state index is 0.0967. The molecule has 1 fully saturated rings. The van der Waals surface area contributed by atoms with Crippen molar-refractivity contribution >= 4 is 28.3 Å². The summed E-state index contributed by atoms with van der Waals surface area (Å²) in [6.45, 7) is -0.277. The number of tetrazole rings is 1. The van der Waals surface area contributed by atoms with Crippen LogP contribution < -0.4 is 19.7 Å². The largest absolute Gasteiger partial charge is 0.493 e. The molecular weight excluding hydrogens is 484 g/mol. The van der Waals surface area contributed by atoms with Gasteiger partial charge in [0.2, 0.25) is 11.7 Å². The lowest BCUT2D eigenvalue weighted by Crippen LogP contribution is -2.45. The molecule has 1 heterocycles. The average Bonchev–Trinajstić information content (AvgIpc) is 3.63. The third-order valence-corrected chi connectivity index (χ3v) is 6.75. The first-order valence-electron chi connectivity index (χ1n) is 12.6. The standard InChI is InChI=1S/C28H30N6O4/c1-37-24-15-14-20(16-25(24)38-2)28-30-32-34(31-28)18-27(36)33(17-26(35)29-21-10-4-5-11-21)23-13-7-9-19-8-3-6-12-22(19)23/h3,6-9,12-16,21H,4-5,10-11,17-18H2,1-2H3,(H,29,35). The molecule has 0 spiro atoms. The summed E-state index contributed by atoms with van der Waals surface area (Å²) in [4.78, 5) is 29.4. The Morgan fingerprint density at radius 3 is 2.55 bits per heavy atom. The molecule has 0 unspecified atom stereocenters. The molecule has 2 amide bonds. The van der Waals surface area contributed by atoms with Gasteiger partial charge in [-0.15, -0.1) is 10.2 Å². The van der Waals surface area contributed by atoms with Gasteiger partial charge >= 0.3 is 0 Å². The molecule has 3 aromatic carbocycles. The van der Waals surface area contributed by atoms with Crippen LogP contribution in [0.2, 0.25) is 0 Å². The summed E-state index contributed by atoms with van der Waals surface area (Å²) < 4.78 is 10.7. The highest BCUT2D eigenvalue weighted by atomic mass is 16.5. The van der Waals surface area contributed by atoms with Crippen molar-refractivity contribution in [2.75, 3.05) is 25.7 Å². The molecule has 4 aromatic rings. The van der Waals surface area contributed by atoms with Crippen molar-refractivity contribution in [1.82, 2.24) is 25.5 Å². The quantitative estimate of drug-likeness (QED) is 0.363. The van der Waals surface area contributed by atoms with Crippen LogP contribution in [0, 0.1) is 0 Å². The lowest BCUT2D eigenvalue weighted by molar-refractivity contribution is -0.124. The van der Waals surface area contributed by atoms with E-state index in [4.69, 9.17) is 9.47 Å². The topological polar surface area (TPSA) is 111 Å². The van der Waals surface area contributed by atoms with Crippen LogP contribution in [0.4, 0.5) is 5.69 Å². The van der Waals surface area contributed by atoms with E-state index in [0.29, 0.717) is 28.6 Å². The number of aromatic nitrogens is 4.